The van der Waals surface area contributed by atoms with Gasteiger partial charge in [-0.05, 0) is 19.9 Å². The molecule has 3 amide bonds. The molecule has 0 saturated carbocycles. The van der Waals surface area contributed by atoms with Crippen LogP contribution < -0.4 is 5.32 Å². The number of amides is 3. The van der Waals surface area contributed by atoms with Gasteiger partial charge in [-0.25, -0.2) is 4.98 Å². The van der Waals surface area contributed by atoms with Crippen LogP contribution in [0, 0.1) is 13.8 Å². The number of rotatable bonds is 4. The summed E-state index contributed by atoms with van der Waals surface area (Å²) in [5.41, 5.74) is 2.60. The highest BCUT2D eigenvalue weighted by molar-refractivity contribution is 8.14. The molecule has 0 spiro atoms. The molecule has 0 aromatic carbocycles. The summed E-state index contributed by atoms with van der Waals surface area (Å²) in [4.78, 5) is 41.0. The molecule has 1 saturated heterocycles. The van der Waals surface area contributed by atoms with Crippen molar-refractivity contribution in [3.63, 3.8) is 0 Å². The molecule has 3 rings (SSSR count). The molecule has 0 unspecified atom stereocenters. The Morgan fingerprint density at radius 1 is 1.33 bits per heavy atom. The summed E-state index contributed by atoms with van der Waals surface area (Å²) in [5.74, 6) is -0.325. The average Bonchev–Trinajstić information content (AvgIpc) is 2.99. The lowest BCUT2D eigenvalue weighted by molar-refractivity contribution is -0.124. The van der Waals surface area contributed by atoms with Crippen molar-refractivity contribution in [2.24, 2.45) is 7.05 Å². The molecule has 9 heteroatoms. The Morgan fingerprint density at radius 3 is 2.75 bits per heavy atom. The number of pyridine rings is 1. The van der Waals surface area contributed by atoms with Crippen LogP contribution in [0.1, 0.15) is 21.7 Å². The van der Waals surface area contributed by atoms with Gasteiger partial charge in [-0.15, -0.1) is 0 Å². The average molecular weight is 347 g/mol. The largest absolute Gasteiger partial charge is 0.350 e. The SMILES string of the molecule is Cc1nc2c(cc1C(=O)NCCN1C(=O)CSC1=O)c(C)nn2C. The Kier molecular flexibility index (Phi) is 4.27. The summed E-state index contributed by atoms with van der Waals surface area (Å²) < 4.78 is 1.68. The Balaban J connectivity index is 1.72. The molecular weight excluding hydrogens is 330 g/mol. The normalized spacial score (nSPS) is 14.7. The van der Waals surface area contributed by atoms with Crippen molar-refractivity contribution >= 4 is 39.8 Å². The number of thioether (sulfide) groups is 1. The molecule has 126 valence electrons. The van der Waals surface area contributed by atoms with Crippen molar-refractivity contribution in [3.05, 3.63) is 23.0 Å². The van der Waals surface area contributed by atoms with E-state index in [0.29, 0.717) is 11.3 Å². The van der Waals surface area contributed by atoms with Crippen molar-refractivity contribution in [1.29, 1.82) is 0 Å². The van der Waals surface area contributed by atoms with E-state index in [4.69, 9.17) is 0 Å². The second kappa shape index (κ2) is 6.23. The second-order valence-corrected chi connectivity index (χ2v) is 6.48. The molecule has 0 atom stereocenters. The van der Waals surface area contributed by atoms with Crippen LogP contribution in [-0.4, -0.2) is 55.6 Å². The van der Waals surface area contributed by atoms with Gasteiger partial charge in [-0.2, -0.15) is 5.10 Å². The smallest absolute Gasteiger partial charge is 0.288 e. The fraction of sp³-hybridized carbons (Fsp3) is 0.400. The minimum atomic E-state index is -0.281. The summed E-state index contributed by atoms with van der Waals surface area (Å²) in [6, 6.07) is 1.78. The van der Waals surface area contributed by atoms with Crippen LogP contribution in [0.4, 0.5) is 4.79 Å². The fourth-order valence-corrected chi connectivity index (χ4v) is 3.39. The highest BCUT2D eigenvalue weighted by atomic mass is 32.2. The van der Waals surface area contributed by atoms with Gasteiger partial charge in [0.25, 0.3) is 11.1 Å². The van der Waals surface area contributed by atoms with Crippen molar-refractivity contribution in [3.8, 4) is 0 Å². The van der Waals surface area contributed by atoms with Crippen LogP contribution in [0.3, 0.4) is 0 Å². The van der Waals surface area contributed by atoms with Crippen LogP contribution in [0.2, 0.25) is 0 Å². The van der Waals surface area contributed by atoms with Gasteiger partial charge in [0.15, 0.2) is 5.65 Å². The van der Waals surface area contributed by atoms with Crippen LogP contribution in [-0.2, 0) is 11.8 Å². The quantitative estimate of drug-likeness (QED) is 0.886. The predicted octanol–water partition coefficient (Wildman–Crippen LogP) is 1.01. The molecular formula is C15H17N5O3S. The zero-order chi connectivity index (χ0) is 17.4. The second-order valence-electron chi connectivity index (χ2n) is 5.56. The summed E-state index contributed by atoms with van der Waals surface area (Å²) in [6.07, 6.45) is 0. The van der Waals surface area contributed by atoms with Gasteiger partial charge in [0, 0.05) is 25.5 Å². The van der Waals surface area contributed by atoms with Gasteiger partial charge in [0.2, 0.25) is 5.91 Å². The van der Waals surface area contributed by atoms with E-state index >= 15 is 0 Å². The number of nitrogens with zero attached hydrogens (tertiary/aromatic N) is 4. The molecule has 1 N–H and O–H groups in total. The van der Waals surface area contributed by atoms with E-state index in [0.717, 1.165) is 33.4 Å². The number of aryl methyl sites for hydroxylation is 3. The maximum absolute atomic E-state index is 12.4. The zero-order valence-corrected chi connectivity index (χ0v) is 14.4. The van der Waals surface area contributed by atoms with E-state index in [9.17, 15) is 14.4 Å². The first kappa shape index (κ1) is 16.4. The number of fused-ring (bicyclic) bond motifs is 1. The highest BCUT2D eigenvalue weighted by Crippen LogP contribution is 2.20. The topological polar surface area (TPSA) is 97.2 Å². The van der Waals surface area contributed by atoms with Gasteiger partial charge in [0.1, 0.15) is 0 Å². The molecule has 24 heavy (non-hydrogen) atoms. The van der Waals surface area contributed by atoms with E-state index < -0.39 is 0 Å². The number of carbonyl (C=O) groups excluding carboxylic acids is 3. The Labute approximate surface area is 142 Å². The van der Waals surface area contributed by atoms with Crippen molar-refractivity contribution < 1.29 is 14.4 Å². The molecule has 8 nitrogen and oxygen atoms in total. The summed E-state index contributed by atoms with van der Waals surface area (Å²) >= 11 is 0.982. The van der Waals surface area contributed by atoms with Crippen LogP contribution in [0.5, 0.6) is 0 Å². The first-order chi connectivity index (χ1) is 11.4. The highest BCUT2D eigenvalue weighted by Gasteiger charge is 2.29. The number of aromatic nitrogens is 3. The van der Waals surface area contributed by atoms with Gasteiger partial charge < -0.3 is 5.32 Å². The number of imide groups is 1. The summed E-state index contributed by atoms with van der Waals surface area (Å²) in [7, 11) is 1.81. The molecule has 3 heterocycles. The number of hydrogen-bond donors (Lipinski definition) is 1. The van der Waals surface area contributed by atoms with E-state index in [2.05, 4.69) is 15.4 Å². The van der Waals surface area contributed by atoms with Crippen molar-refractivity contribution in [2.45, 2.75) is 13.8 Å². The monoisotopic (exact) mass is 347 g/mol. The van der Waals surface area contributed by atoms with Gasteiger partial charge in [-0.3, -0.25) is 24.0 Å². The summed E-state index contributed by atoms with van der Waals surface area (Å²) in [6.45, 7) is 4.02. The third-order valence-corrected chi connectivity index (χ3v) is 4.75. The minimum absolute atomic E-state index is 0.173. The molecule has 2 aromatic rings. The molecule has 1 aliphatic heterocycles. The van der Waals surface area contributed by atoms with Crippen LogP contribution in [0.15, 0.2) is 6.07 Å². The molecule has 0 aliphatic carbocycles. The Hall–Kier alpha value is -2.42. The van der Waals surface area contributed by atoms with E-state index in [1.807, 2.05) is 14.0 Å². The Morgan fingerprint density at radius 2 is 2.08 bits per heavy atom. The van der Waals surface area contributed by atoms with Gasteiger partial charge in [-0.1, -0.05) is 11.8 Å². The fourth-order valence-electron chi connectivity index (χ4n) is 2.64. The predicted molar refractivity (Wildman–Crippen MR) is 89.9 cm³/mol. The molecule has 0 bridgehead atoms. The first-order valence-electron chi connectivity index (χ1n) is 7.44. The third-order valence-electron chi connectivity index (χ3n) is 3.90. The van der Waals surface area contributed by atoms with E-state index in [1.54, 1.807) is 17.7 Å². The van der Waals surface area contributed by atoms with Crippen LogP contribution >= 0.6 is 11.8 Å². The molecule has 0 radical (unpaired) electrons. The maximum atomic E-state index is 12.4. The maximum Gasteiger partial charge on any atom is 0.288 e. The van der Waals surface area contributed by atoms with E-state index in [-0.39, 0.29) is 35.9 Å². The molecule has 2 aromatic heterocycles. The summed E-state index contributed by atoms with van der Waals surface area (Å²) in [5, 5.41) is 7.60. The standard InChI is InChI=1S/C15H17N5O3S/c1-8-11(6-10-9(2)18-19(3)13(10)17-8)14(22)16-4-5-20-12(21)7-24-15(20)23/h6H,4-5,7H2,1-3H3,(H,16,22). The Bertz CT molecular complexity index is 844. The van der Waals surface area contributed by atoms with Gasteiger partial charge >= 0.3 is 0 Å². The molecule has 1 aliphatic rings. The number of nitrogens with one attached hydrogen (secondary N) is 1. The lowest BCUT2D eigenvalue weighted by Crippen LogP contribution is -2.37. The number of carbonyl (C=O) groups is 3. The lowest BCUT2D eigenvalue weighted by atomic mass is 10.1. The lowest BCUT2D eigenvalue weighted by Gasteiger charge is -2.13. The first-order valence-corrected chi connectivity index (χ1v) is 8.43. The third kappa shape index (κ3) is 2.86. The number of hydrogen-bond acceptors (Lipinski definition) is 6. The zero-order valence-electron chi connectivity index (χ0n) is 13.6. The van der Waals surface area contributed by atoms with Crippen molar-refractivity contribution in [1.82, 2.24) is 25.0 Å². The van der Waals surface area contributed by atoms with Crippen LogP contribution in [0.25, 0.3) is 11.0 Å². The minimum Gasteiger partial charge on any atom is -0.350 e. The van der Waals surface area contributed by atoms with Crippen molar-refractivity contribution in [2.75, 3.05) is 18.8 Å². The van der Waals surface area contributed by atoms with Gasteiger partial charge in [0.05, 0.1) is 22.7 Å². The van der Waals surface area contributed by atoms with E-state index in [1.165, 1.54) is 0 Å². The molecule has 1 fully saturated rings.